The van der Waals surface area contributed by atoms with Crippen LogP contribution >= 0.6 is 0 Å². The van der Waals surface area contributed by atoms with Crippen LogP contribution in [-0.4, -0.2) is 21.6 Å². The van der Waals surface area contributed by atoms with Crippen molar-refractivity contribution in [3.05, 3.63) is 72.3 Å². The van der Waals surface area contributed by atoms with Crippen molar-refractivity contribution < 1.29 is 13.2 Å². The van der Waals surface area contributed by atoms with Gasteiger partial charge in [0.2, 0.25) is 10.0 Å². The molecule has 0 heterocycles. The van der Waals surface area contributed by atoms with Gasteiger partial charge in [0.1, 0.15) is 12.4 Å². The summed E-state index contributed by atoms with van der Waals surface area (Å²) in [4.78, 5) is 0.244. The van der Waals surface area contributed by atoms with Gasteiger partial charge in [-0.3, -0.25) is 0 Å². The van der Waals surface area contributed by atoms with Crippen molar-refractivity contribution in [2.45, 2.75) is 18.2 Å². The number of hydrogen-bond acceptors (Lipinski definition) is 3. The van der Waals surface area contributed by atoms with Gasteiger partial charge in [0.25, 0.3) is 0 Å². The van der Waals surface area contributed by atoms with Crippen molar-refractivity contribution >= 4 is 20.8 Å². The van der Waals surface area contributed by atoms with Crippen molar-refractivity contribution in [3.8, 4) is 17.6 Å². The number of sulfonamides is 1. The van der Waals surface area contributed by atoms with Crippen LogP contribution in [0.2, 0.25) is 0 Å². The van der Waals surface area contributed by atoms with Crippen LogP contribution in [0, 0.1) is 11.8 Å². The smallest absolute Gasteiger partial charge is 0.241 e. The van der Waals surface area contributed by atoms with Gasteiger partial charge >= 0.3 is 0 Å². The average molecular weight is 379 g/mol. The summed E-state index contributed by atoms with van der Waals surface area (Å²) in [6.07, 6.45) is 0.871. The molecule has 0 fully saturated rings. The summed E-state index contributed by atoms with van der Waals surface area (Å²) < 4.78 is 32.6. The number of ether oxygens (including phenoxy) is 1. The largest absolute Gasteiger partial charge is 0.480 e. The minimum Gasteiger partial charge on any atom is -0.480 e. The average Bonchev–Trinajstić information content (AvgIpc) is 2.70. The molecule has 0 amide bonds. The Balaban J connectivity index is 1.54. The number of aryl methyl sites for hydroxylation is 1. The molecule has 0 saturated heterocycles. The molecular weight excluding hydrogens is 358 g/mol. The fraction of sp³-hybridized carbons (Fsp3) is 0.182. The van der Waals surface area contributed by atoms with E-state index in [-0.39, 0.29) is 18.0 Å². The first-order valence-corrected chi connectivity index (χ1v) is 10.2. The van der Waals surface area contributed by atoms with Gasteiger partial charge in [-0.25, -0.2) is 8.42 Å². The van der Waals surface area contributed by atoms with E-state index in [4.69, 9.17) is 4.74 Å². The van der Waals surface area contributed by atoms with E-state index >= 15 is 0 Å². The fourth-order valence-electron chi connectivity index (χ4n) is 2.67. The van der Waals surface area contributed by atoms with Gasteiger partial charge in [0.15, 0.2) is 0 Å². The lowest BCUT2D eigenvalue weighted by Gasteiger charge is -2.06. The van der Waals surface area contributed by atoms with Crippen LogP contribution < -0.4 is 9.46 Å². The van der Waals surface area contributed by atoms with Crippen molar-refractivity contribution in [2.24, 2.45) is 0 Å². The number of nitrogens with one attached hydrogen (secondary N) is 1. The molecule has 3 rings (SSSR count). The van der Waals surface area contributed by atoms with Crippen LogP contribution in [0.3, 0.4) is 0 Å². The Bertz CT molecular complexity index is 1070. The zero-order valence-electron chi connectivity index (χ0n) is 15.1. The van der Waals surface area contributed by atoms with Crippen LogP contribution in [0.5, 0.6) is 5.75 Å². The van der Waals surface area contributed by atoms with Gasteiger partial charge in [0.05, 0.1) is 11.4 Å². The molecule has 0 aliphatic rings. The Labute approximate surface area is 160 Å². The monoisotopic (exact) mass is 379 g/mol. The molecule has 0 atom stereocenters. The molecule has 1 N–H and O–H groups in total. The molecule has 0 spiro atoms. The van der Waals surface area contributed by atoms with Crippen molar-refractivity contribution in [1.29, 1.82) is 0 Å². The number of hydrogen-bond donors (Lipinski definition) is 1. The maximum absolute atomic E-state index is 12.2. The fourth-order valence-corrected chi connectivity index (χ4v) is 3.59. The molecule has 0 unspecified atom stereocenters. The number of fused-ring (bicyclic) bond motifs is 1. The van der Waals surface area contributed by atoms with Gasteiger partial charge in [-0.1, -0.05) is 67.3 Å². The quantitative estimate of drug-likeness (QED) is 0.664. The Morgan fingerprint density at radius 2 is 1.67 bits per heavy atom. The van der Waals surface area contributed by atoms with Crippen LogP contribution in [0.15, 0.2) is 71.6 Å². The zero-order chi connectivity index (χ0) is 19.1. The zero-order valence-corrected chi connectivity index (χ0v) is 15.9. The minimum atomic E-state index is -3.55. The second-order valence-corrected chi connectivity index (χ2v) is 7.71. The number of benzene rings is 3. The summed E-state index contributed by atoms with van der Waals surface area (Å²) in [5.74, 6) is 6.39. The predicted molar refractivity (Wildman–Crippen MR) is 108 cm³/mol. The van der Waals surface area contributed by atoms with E-state index in [0.29, 0.717) is 0 Å². The normalized spacial score (nSPS) is 11.0. The Morgan fingerprint density at radius 3 is 2.44 bits per heavy atom. The third-order valence-corrected chi connectivity index (χ3v) is 5.58. The summed E-state index contributed by atoms with van der Waals surface area (Å²) in [5, 5.41) is 2.13. The standard InChI is InChI=1S/C22H21NO3S/c1-2-18-12-14-20(15-13-18)27(24,25)23-16-5-6-17-26-22-11-7-9-19-8-3-4-10-21(19)22/h3-4,7-15,23H,2,16-17H2,1H3. The highest BCUT2D eigenvalue weighted by Crippen LogP contribution is 2.24. The molecule has 138 valence electrons. The Kier molecular flexibility index (Phi) is 6.12. The third-order valence-electron chi connectivity index (χ3n) is 4.17. The van der Waals surface area contributed by atoms with Crippen molar-refractivity contribution in [2.75, 3.05) is 13.2 Å². The van der Waals surface area contributed by atoms with Crippen LogP contribution in [0.25, 0.3) is 10.8 Å². The maximum atomic E-state index is 12.2. The van der Waals surface area contributed by atoms with E-state index in [1.54, 1.807) is 12.1 Å². The van der Waals surface area contributed by atoms with Crippen LogP contribution in [-0.2, 0) is 16.4 Å². The molecule has 0 bridgehead atoms. The molecule has 0 aliphatic carbocycles. The summed E-state index contributed by atoms with van der Waals surface area (Å²) in [7, 11) is -3.55. The second kappa shape index (κ2) is 8.72. The molecule has 0 radical (unpaired) electrons. The molecule has 0 aromatic heterocycles. The van der Waals surface area contributed by atoms with E-state index in [1.807, 2.05) is 61.5 Å². The first kappa shape index (κ1) is 19.0. The van der Waals surface area contributed by atoms with Gasteiger partial charge in [-0.2, -0.15) is 4.72 Å². The Morgan fingerprint density at radius 1 is 0.926 bits per heavy atom. The highest BCUT2D eigenvalue weighted by molar-refractivity contribution is 7.89. The third kappa shape index (κ3) is 4.88. The van der Waals surface area contributed by atoms with E-state index in [1.165, 1.54) is 0 Å². The van der Waals surface area contributed by atoms with Crippen molar-refractivity contribution in [3.63, 3.8) is 0 Å². The van der Waals surface area contributed by atoms with E-state index in [9.17, 15) is 8.42 Å². The molecule has 0 saturated carbocycles. The van der Waals surface area contributed by atoms with Crippen molar-refractivity contribution in [1.82, 2.24) is 4.72 Å². The molecule has 5 heteroatoms. The highest BCUT2D eigenvalue weighted by Gasteiger charge is 2.12. The van der Waals surface area contributed by atoms with Gasteiger partial charge in [-0.05, 0) is 35.6 Å². The maximum Gasteiger partial charge on any atom is 0.241 e. The molecule has 3 aromatic carbocycles. The van der Waals surface area contributed by atoms with Crippen LogP contribution in [0.4, 0.5) is 0 Å². The van der Waals surface area contributed by atoms with Gasteiger partial charge in [0, 0.05) is 5.39 Å². The first-order chi connectivity index (χ1) is 13.1. The first-order valence-electron chi connectivity index (χ1n) is 8.75. The molecule has 27 heavy (non-hydrogen) atoms. The molecule has 0 aliphatic heterocycles. The summed E-state index contributed by atoms with van der Waals surface area (Å²) >= 11 is 0. The number of rotatable bonds is 6. The molecule has 4 nitrogen and oxygen atoms in total. The highest BCUT2D eigenvalue weighted by atomic mass is 32.2. The van der Waals surface area contributed by atoms with Gasteiger partial charge in [-0.15, -0.1) is 0 Å². The summed E-state index contributed by atoms with van der Waals surface area (Å²) in [6, 6.07) is 20.7. The van der Waals surface area contributed by atoms with E-state index in [2.05, 4.69) is 16.6 Å². The molecular formula is C22H21NO3S. The van der Waals surface area contributed by atoms with E-state index in [0.717, 1.165) is 28.5 Å². The van der Waals surface area contributed by atoms with Crippen LogP contribution in [0.1, 0.15) is 12.5 Å². The minimum absolute atomic E-state index is 0.0385. The predicted octanol–water partition coefficient (Wildman–Crippen LogP) is 3.76. The van der Waals surface area contributed by atoms with E-state index < -0.39 is 10.0 Å². The lowest BCUT2D eigenvalue weighted by Crippen LogP contribution is -2.24. The SMILES string of the molecule is CCc1ccc(S(=O)(=O)NCC#CCOc2cccc3ccccc23)cc1. The summed E-state index contributed by atoms with van der Waals surface area (Å²) in [5.41, 5.74) is 1.10. The lowest BCUT2D eigenvalue weighted by molar-refractivity contribution is 0.374. The topological polar surface area (TPSA) is 55.4 Å². The lowest BCUT2D eigenvalue weighted by atomic mass is 10.1. The van der Waals surface area contributed by atoms with Gasteiger partial charge < -0.3 is 4.74 Å². The second-order valence-electron chi connectivity index (χ2n) is 5.94. The molecule has 3 aromatic rings. The summed E-state index contributed by atoms with van der Waals surface area (Å²) in [6.45, 7) is 2.26. The Hall–Kier alpha value is -2.81.